The van der Waals surface area contributed by atoms with Gasteiger partial charge in [0.1, 0.15) is 4.90 Å². The topological polar surface area (TPSA) is 88.2 Å². The van der Waals surface area contributed by atoms with E-state index >= 15 is 0 Å². The van der Waals surface area contributed by atoms with Crippen molar-refractivity contribution in [1.82, 2.24) is 4.98 Å². The molecule has 2 N–H and O–H groups in total. The molecule has 0 aliphatic rings. The van der Waals surface area contributed by atoms with Gasteiger partial charge in [-0.3, -0.25) is 9.52 Å². The number of hydrogen-bond donors (Lipinski definition) is 2. The highest BCUT2D eigenvalue weighted by atomic mass is 35.5. The van der Waals surface area contributed by atoms with Gasteiger partial charge in [-0.25, -0.2) is 13.4 Å². The Labute approximate surface area is 166 Å². The van der Waals surface area contributed by atoms with Gasteiger partial charge in [0.2, 0.25) is 5.91 Å². The second kappa shape index (κ2) is 7.67. The van der Waals surface area contributed by atoms with Gasteiger partial charge in [0.15, 0.2) is 5.13 Å². The first kappa shape index (κ1) is 19.3. The molecular weight excluding hydrogens is 406 g/mol. The monoisotopic (exact) mass is 421 g/mol. The zero-order chi connectivity index (χ0) is 19.6. The van der Waals surface area contributed by atoms with Crippen molar-refractivity contribution < 1.29 is 13.2 Å². The molecule has 0 fully saturated rings. The molecule has 0 spiro atoms. The minimum absolute atomic E-state index is 0.0283. The molecule has 3 aromatic rings. The highest BCUT2D eigenvalue weighted by Crippen LogP contribution is 2.36. The molecule has 27 heavy (non-hydrogen) atoms. The number of nitrogens with one attached hydrogen (secondary N) is 2. The second-order valence-corrected chi connectivity index (χ2v) is 8.79. The van der Waals surface area contributed by atoms with Crippen LogP contribution >= 0.6 is 22.9 Å². The van der Waals surface area contributed by atoms with Crippen LogP contribution in [0.5, 0.6) is 0 Å². The van der Waals surface area contributed by atoms with E-state index in [1.165, 1.54) is 30.4 Å². The highest BCUT2D eigenvalue weighted by Gasteiger charge is 2.20. The second-order valence-electron chi connectivity index (χ2n) is 5.73. The Balaban J connectivity index is 2.00. The average molecular weight is 422 g/mol. The number of aryl methyl sites for hydroxylation is 1. The molecule has 6 nitrogen and oxygen atoms in total. The minimum atomic E-state index is -3.87. The van der Waals surface area contributed by atoms with Crippen molar-refractivity contribution in [2.45, 2.75) is 18.7 Å². The molecule has 0 saturated carbocycles. The third-order valence-electron chi connectivity index (χ3n) is 3.59. The van der Waals surface area contributed by atoms with Gasteiger partial charge in [-0.15, -0.1) is 0 Å². The lowest BCUT2D eigenvalue weighted by molar-refractivity contribution is -0.114. The Morgan fingerprint density at radius 2 is 1.85 bits per heavy atom. The normalized spacial score (nSPS) is 11.2. The van der Waals surface area contributed by atoms with Crippen LogP contribution in [-0.4, -0.2) is 19.3 Å². The van der Waals surface area contributed by atoms with Crippen molar-refractivity contribution >= 4 is 49.7 Å². The maximum atomic E-state index is 12.8. The molecule has 1 aromatic heterocycles. The van der Waals surface area contributed by atoms with Crippen LogP contribution < -0.4 is 10.0 Å². The number of halogens is 1. The van der Waals surface area contributed by atoms with Crippen LogP contribution in [0.2, 0.25) is 5.02 Å². The summed E-state index contributed by atoms with van der Waals surface area (Å²) in [7, 11) is -3.87. The predicted octanol–water partition coefficient (Wildman–Crippen LogP) is 4.53. The average Bonchev–Trinajstić information content (AvgIpc) is 2.95. The number of rotatable bonds is 5. The van der Waals surface area contributed by atoms with E-state index in [2.05, 4.69) is 15.0 Å². The first-order valence-corrected chi connectivity index (χ1v) is 10.6. The van der Waals surface area contributed by atoms with E-state index in [1.807, 2.05) is 0 Å². The molecule has 1 amide bonds. The summed E-state index contributed by atoms with van der Waals surface area (Å²) >= 11 is 7.43. The van der Waals surface area contributed by atoms with Crippen LogP contribution in [0, 0.1) is 6.92 Å². The molecule has 0 aliphatic carbocycles. The van der Waals surface area contributed by atoms with Gasteiger partial charge >= 0.3 is 0 Å². The van der Waals surface area contributed by atoms with E-state index in [4.69, 9.17) is 11.6 Å². The molecule has 0 radical (unpaired) electrons. The molecule has 1 heterocycles. The van der Waals surface area contributed by atoms with E-state index < -0.39 is 10.0 Å². The number of para-hydroxylation sites is 1. The Kier molecular flexibility index (Phi) is 5.50. The summed E-state index contributed by atoms with van der Waals surface area (Å²) in [5.74, 6) is -0.221. The Morgan fingerprint density at radius 1 is 1.15 bits per heavy atom. The first-order chi connectivity index (χ1) is 12.8. The number of nitrogens with zero attached hydrogens (tertiary/aromatic N) is 1. The van der Waals surface area contributed by atoms with Gasteiger partial charge in [0.05, 0.1) is 15.6 Å². The number of benzene rings is 2. The van der Waals surface area contributed by atoms with Crippen LogP contribution in [0.3, 0.4) is 0 Å². The van der Waals surface area contributed by atoms with Gasteiger partial charge in [0, 0.05) is 12.6 Å². The fourth-order valence-electron chi connectivity index (χ4n) is 2.44. The van der Waals surface area contributed by atoms with E-state index in [0.29, 0.717) is 22.1 Å². The van der Waals surface area contributed by atoms with E-state index in [9.17, 15) is 13.2 Å². The molecule has 0 bridgehead atoms. The van der Waals surface area contributed by atoms with Crippen LogP contribution in [0.4, 0.5) is 10.8 Å². The van der Waals surface area contributed by atoms with Crippen molar-refractivity contribution in [3.05, 3.63) is 59.2 Å². The van der Waals surface area contributed by atoms with Crippen LogP contribution in [0.1, 0.15) is 12.6 Å². The van der Waals surface area contributed by atoms with Crippen molar-refractivity contribution in [1.29, 1.82) is 0 Å². The maximum absolute atomic E-state index is 12.8. The summed E-state index contributed by atoms with van der Waals surface area (Å²) in [4.78, 5) is 16.3. The zero-order valence-electron chi connectivity index (χ0n) is 14.5. The standard InChI is InChI=1S/C18H16ClN3O3S2/c1-11-17(26-18(20-11)21-12(2)23)13-8-9-15(19)16(10-13)27(24,25)22-14-6-4-3-5-7-14/h3-10,22H,1-2H3,(H,20,21,23). The molecule has 0 aliphatic heterocycles. The molecule has 140 valence electrons. The quantitative estimate of drug-likeness (QED) is 0.633. The summed E-state index contributed by atoms with van der Waals surface area (Å²) in [5.41, 5.74) is 1.78. The zero-order valence-corrected chi connectivity index (χ0v) is 16.9. The number of carbonyl (C=O) groups excluding carboxylic acids is 1. The van der Waals surface area contributed by atoms with Crippen LogP contribution in [0.25, 0.3) is 10.4 Å². The highest BCUT2D eigenvalue weighted by molar-refractivity contribution is 7.92. The molecule has 2 aromatic carbocycles. The summed E-state index contributed by atoms with van der Waals surface area (Å²) in [5, 5.41) is 3.21. The van der Waals surface area contributed by atoms with Gasteiger partial charge in [-0.05, 0) is 36.8 Å². The summed E-state index contributed by atoms with van der Waals surface area (Å²) < 4.78 is 28.1. The number of amides is 1. The fourth-order valence-corrected chi connectivity index (χ4v) is 5.03. The molecule has 0 unspecified atom stereocenters. The van der Waals surface area contributed by atoms with Crippen LogP contribution in [0.15, 0.2) is 53.4 Å². The maximum Gasteiger partial charge on any atom is 0.263 e. The third kappa shape index (κ3) is 4.47. The molecule has 0 atom stereocenters. The van der Waals surface area contributed by atoms with Crippen LogP contribution in [-0.2, 0) is 14.8 Å². The van der Waals surface area contributed by atoms with Gasteiger partial charge in [-0.2, -0.15) is 0 Å². The summed E-state index contributed by atoms with van der Waals surface area (Å²) in [6.07, 6.45) is 0. The van der Waals surface area contributed by atoms with Crippen molar-refractivity contribution in [3.63, 3.8) is 0 Å². The fraction of sp³-hybridized carbons (Fsp3) is 0.111. The Morgan fingerprint density at radius 3 is 2.52 bits per heavy atom. The minimum Gasteiger partial charge on any atom is -0.302 e. The van der Waals surface area contributed by atoms with E-state index in [0.717, 1.165) is 4.88 Å². The number of carbonyl (C=O) groups is 1. The SMILES string of the molecule is CC(=O)Nc1nc(C)c(-c2ccc(Cl)c(S(=O)(=O)Nc3ccccc3)c2)s1. The van der Waals surface area contributed by atoms with Gasteiger partial charge in [0.25, 0.3) is 10.0 Å². The van der Waals surface area contributed by atoms with E-state index in [-0.39, 0.29) is 15.8 Å². The van der Waals surface area contributed by atoms with E-state index in [1.54, 1.807) is 43.3 Å². The number of anilines is 2. The number of hydrogen-bond acceptors (Lipinski definition) is 5. The lowest BCUT2D eigenvalue weighted by Crippen LogP contribution is -2.13. The smallest absolute Gasteiger partial charge is 0.263 e. The molecule has 9 heteroatoms. The molecule has 3 rings (SSSR count). The number of thiazole rings is 1. The number of aromatic nitrogens is 1. The molecular formula is C18H16ClN3O3S2. The predicted molar refractivity (Wildman–Crippen MR) is 109 cm³/mol. The van der Waals surface area contributed by atoms with Gasteiger partial charge < -0.3 is 5.32 Å². The largest absolute Gasteiger partial charge is 0.302 e. The molecule has 0 saturated heterocycles. The Hall–Kier alpha value is -2.42. The van der Waals surface area contributed by atoms with Crippen molar-refractivity contribution in [3.8, 4) is 10.4 Å². The Bertz CT molecular complexity index is 1100. The summed E-state index contributed by atoms with van der Waals surface area (Å²) in [6.45, 7) is 3.20. The van der Waals surface area contributed by atoms with Crippen molar-refractivity contribution in [2.75, 3.05) is 10.0 Å². The third-order valence-corrected chi connectivity index (χ3v) is 6.57. The number of sulfonamides is 1. The summed E-state index contributed by atoms with van der Waals surface area (Å²) in [6, 6.07) is 13.3. The lowest BCUT2D eigenvalue weighted by Gasteiger charge is -2.11. The lowest BCUT2D eigenvalue weighted by atomic mass is 10.2. The first-order valence-electron chi connectivity index (χ1n) is 7.89. The van der Waals surface area contributed by atoms with Crippen molar-refractivity contribution in [2.24, 2.45) is 0 Å². The van der Waals surface area contributed by atoms with Gasteiger partial charge in [-0.1, -0.05) is 47.2 Å².